The molecule has 0 aromatic heterocycles. The molecular weight excluding hydrogens is 351 g/mol. The topological polar surface area (TPSA) is 131 Å². The Hall–Kier alpha value is -2.11. The minimum absolute atomic E-state index is 0.0442. The van der Waals surface area contributed by atoms with Gasteiger partial charge in [0.15, 0.2) is 0 Å². The van der Waals surface area contributed by atoms with E-state index in [1.165, 1.54) is 13.2 Å². The van der Waals surface area contributed by atoms with Crippen LogP contribution in [0.3, 0.4) is 0 Å². The molecule has 1 aromatic rings. The van der Waals surface area contributed by atoms with E-state index in [-0.39, 0.29) is 30.7 Å². The van der Waals surface area contributed by atoms with Crippen molar-refractivity contribution in [3.8, 4) is 5.75 Å². The van der Waals surface area contributed by atoms with E-state index in [9.17, 15) is 23.0 Å². The fourth-order valence-electron chi connectivity index (χ4n) is 2.45. The maximum atomic E-state index is 11.9. The average Bonchev–Trinajstić information content (AvgIpc) is 2.53. The minimum atomic E-state index is -3.37. The first-order chi connectivity index (χ1) is 11.7. The van der Waals surface area contributed by atoms with E-state index in [0.29, 0.717) is 5.56 Å². The number of nitrogens with one attached hydrogen (secondary N) is 2. The van der Waals surface area contributed by atoms with Crippen LogP contribution < -0.4 is 14.7 Å². The van der Waals surface area contributed by atoms with Gasteiger partial charge in [0, 0.05) is 13.0 Å². The third-order valence-electron chi connectivity index (χ3n) is 3.59. The molecule has 1 heterocycles. The van der Waals surface area contributed by atoms with Crippen LogP contribution in [-0.4, -0.2) is 58.3 Å². The molecule has 0 saturated carbocycles. The van der Waals surface area contributed by atoms with Crippen LogP contribution in [0.4, 0.5) is 0 Å². The summed E-state index contributed by atoms with van der Waals surface area (Å²) in [6.07, 6.45) is 1.18. The molecule has 1 aliphatic rings. The molecule has 0 spiro atoms. The molecule has 11 heteroatoms. The lowest BCUT2D eigenvalue weighted by atomic mass is 9.72. The first-order valence-corrected chi connectivity index (χ1v) is 9.39. The van der Waals surface area contributed by atoms with E-state index in [4.69, 9.17) is 4.65 Å². The van der Waals surface area contributed by atoms with Gasteiger partial charge in [-0.1, -0.05) is 12.1 Å². The van der Waals surface area contributed by atoms with Crippen LogP contribution in [0.1, 0.15) is 22.3 Å². The van der Waals surface area contributed by atoms with Gasteiger partial charge in [0.2, 0.25) is 15.9 Å². The summed E-state index contributed by atoms with van der Waals surface area (Å²) < 4.78 is 34.2. The van der Waals surface area contributed by atoms with Gasteiger partial charge >= 0.3 is 13.1 Å². The summed E-state index contributed by atoms with van der Waals surface area (Å²) in [5.74, 6) is -1.51. The lowest BCUT2D eigenvalue weighted by Gasteiger charge is -2.29. The van der Waals surface area contributed by atoms with Gasteiger partial charge in [-0.3, -0.25) is 4.79 Å². The van der Waals surface area contributed by atoms with Crippen molar-refractivity contribution in [3.63, 3.8) is 0 Å². The van der Waals surface area contributed by atoms with Crippen LogP contribution in [0.25, 0.3) is 0 Å². The third-order valence-corrected chi connectivity index (χ3v) is 4.32. The number of benzene rings is 1. The molecule has 0 saturated heterocycles. The molecule has 0 radical (unpaired) electrons. The Balaban J connectivity index is 2.02. The monoisotopic (exact) mass is 370 g/mol. The highest BCUT2D eigenvalue weighted by Crippen LogP contribution is 2.30. The molecule has 3 N–H and O–H groups in total. The van der Waals surface area contributed by atoms with Crippen molar-refractivity contribution in [2.24, 2.45) is 0 Å². The number of amides is 1. The van der Waals surface area contributed by atoms with Crippen molar-refractivity contribution in [2.75, 3.05) is 19.9 Å². The van der Waals surface area contributed by atoms with Crippen molar-refractivity contribution < 1.29 is 32.4 Å². The molecule has 0 fully saturated rings. The zero-order chi connectivity index (χ0) is 18.6. The summed E-state index contributed by atoms with van der Waals surface area (Å²) in [6.45, 7) is -0.0442. The van der Waals surface area contributed by atoms with Crippen molar-refractivity contribution >= 4 is 29.0 Å². The van der Waals surface area contributed by atoms with E-state index >= 15 is 0 Å². The summed E-state index contributed by atoms with van der Waals surface area (Å²) in [5, 5.41) is 12.7. The number of carbonyl (C=O) groups is 2. The zero-order valence-corrected chi connectivity index (χ0v) is 14.6. The summed E-state index contributed by atoms with van der Waals surface area (Å²) in [5.41, 5.74) is 0.842. The van der Waals surface area contributed by atoms with Gasteiger partial charge in [-0.05, 0) is 18.1 Å². The standard InChI is InChI=1S/C14H19BN2O7S/c1-23-14(19)10-5-3-4-9-8-11(15(20)24-13(9)10)17-12(18)6-7-16-25(2,21)22/h3-5,11,16,20H,6-8H2,1-2H3,(H,17,18)/t11-/m0/s1. The van der Waals surface area contributed by atoms with E-state index in [1.54, 1.807) is 12.1 Å². The predicted molar refractivity (Wildman–Crippen MR) is 89.5 cm³/mol. The molecule has 136 valence electrons. The Kier molecular flexibility index (Phi) is 6.04. The van der Waals surface area contributed by atoms with Crippen LogP contribution in [0, 0.1) is 0 Å². The van der Waals surface area contributed by atoms with Gasteiger partial charge in [-0.2, -0.15) is 0 Å². The number of carbonyl (C=O) groups excluding carboxylic acids is 2. The number of para-hydroxylation sites is 1. The summed E-state index contributed by atoms with van der Waals surface area (Å²) >= 11 is 0. The van der Waals surface area contributed by atoms with Gasteiger partial charge < -0.3 is 19.7 Å². The molecular formula is C14H19BN2O7S. The number of methoxy groups -OCH3 is 1. The lowest BCUT2D eigenvalue weighted by Crippen LogP contribution is -2.53. The molecule has 0 bridgehead atoms. The molecule has 1 aliphatic heterocycles. The number of rotatable bonds is 6. The van der Waals surface area contributed by atoms with Crippen LogP contribution >= 0.6 is 0 Å². The first-order valence-electron chi connectivity index (χ1n) is 7.50. The summed E-state index contributed by atoms with van der Waals surface area (Å²) in [6, 6.07) is 4.90. The average molecular weight is 370 g/mol. The summed E-state index contributed by atoms with van der Waals surface area (Å²) in [4.78, 5) is 23.6. The molecule has 9 nitrogen and oxygen atoms in total. The number of ether oxygens (including phenoxy) is 1. The van der Waals surface area contributed by atoms with Gasteiger partial charge in [0.05, 0.1) is 19.3 Å². The highest BCUT2D eigenvalue weighted by atomic mass is 32.2. The van der Waals surface area contributed by atoms with Gasteiger partial charge in [0.1, 0.15) is 11.3 Å². The van der Waals surface area contributed by atoms with Crippen molar-refractivity contribution in [1.82, 2.24) is 10.0 Å². The number of esters is 1. The fourth-order valence-corrected chi connectivity index (χ4v) is 2.92. The first kappa shape index (κ1) is 19.2. The molecule has 25 heavy (non-hydrogen) atoms. The third kappa shape index (κ3) is 5.18. The second kappa shape index (κ2) is 7.85. The number of hydrogen-bond acceptors (Lipinski definition) is 7. The van der Waals surface area contributed by atoms with Crippen molar-refractivity contribution in [2.45, 2.75) is 18.8 Å². The number of sulfonamides is 1. The molecule has 2 rings (SSSR count). The maximum Gasteiger partial charge on any atom is 0.547 e. The minimum Gasteiger partial charge on any atom is -0.534 e. The Morgan fingerprint density at radius 1 is 1.44 bits per heavy atom. The number of fused-ring (bicyclic) bond motifs is 1. The normalized spacial score (nSPS) is 16.6. The van der Waals surface area contributed by atoms with E-state index in [0.717, 1.165) is 6.26 Å². The molecule has 1 aromatic carbocycles. The highest BCUT2D eigenvalue weighted by molar-refractivity contribution is 7.88. The Bertz CT molecular complexity index is 768. The Labute approximate surface area is 145 Å². The molecule has 1 amide bonds. The van der Waals surface area contributed by atoms with Crippen LogP contribution in [0.5, 0.6) is 5.75 Å². The smallest absolute Gasteiger partial charge is 0.534 e. The quantitative estimate of drug-likeness (QED) is 0.426. The second-order valence-electron chi connectivity index (χ2n) is 5.59. The number of hydrogen-bond donors (Lipinski definition) is 3. The highest BCUT2D eigenvalue weighted by Gasteiger charge is 2.37. The van der Waals surface area contributed by atoms with Crippen molar-refractivity contribution in [3.05, 3.63) is 29.3 Å². The maximum absolute atomic E-state index is 11.9. The largest absolute Gasteiger partial charge is 0.547 e. The van der Waals surface area contributed by atoms with Crippen molar-refractivity contribution in [1.29, 1.82) is 0 Å². The Morgan fingerprint density at radius 2 is 2.16 bits per heavy atom. The molecule has 0 aliphatic carbocycles. The van der Waals surface area contributed by atoms with E-state index in [1.807, 2.05) is 0 Å². The fraction of sp³-hybridized carbons (Fsp3) is 0.429. The predicted octanol–water partition coefficient (Wildman–Crippen LogP) is -1.15. The molecule has 0 unspecified atom stereocenters. The Morgan fingerprint density at radius 3 is 2.80 bits per heavy atom. The lowest BCUT2D eigenvalue weighted by molar-refractivity contribution is -0.121. The van der Waals surface area contributed by atoms with Crippen LogP contribution in [0.2, 0.25) is 0 Å². The van der Waals surface area contributed by atoms with Gasteiger partial charge in [-0.25, -0.2) is 17.9 Å². The van der Waals surface area contributed by atoms with Gasteiger partial charge in [0.25, 0.3) is 0 Å². The van der Waals surface area contributed by atoms with Gasteiger partial charge in [-0.15, -0.1) is 0 Å². The van der Waals surface area contributed by atoms with E-state index < -0.39 is 35.0 Å². The van der Waals surface area contributed by atoms with Crippen LogP contribution in [-0.2, 0) is 26.0 Å². The SMILES string of the molecule is COC(=O)c1cccc2c1OB(O)[C@@H](NC(=O)CCNS(C)(=O)=O)C2. The molecule has 1 atom stereocenters. The second-order valence-corrected chi connectivity index (χ2v) is 7.42. The van der Waals surface area contributed by atoms with E-state index in [2.05, 4.69) is 14.8 Å². The summed E-state index contributed by atoms with van der Waals surface area (Å²) in [7, 11) is -3.46. The van der Waals surface area contributed by atoms with Crippen LogP contribution in [0.15, 0.2) is 18.2 Å². The zero-order valence-electron chi connectivity index (χ0n) is 13.8.